The van der Waals surface area contributed by atoms with Gasteiger partial charge in [-0.05, 0) is 64.3 Å². The number of aryl methyl sites for hydroxylation is 2. The highest BCUT2D eigenvalue weighted by atomic mass is 127. The third-order valence-corrected chi connectivity index (χ3v) is 6.38. The molecule has 1 aliphatic rings. The maximum atomic E-state index is 6.32. The molecule has 1 fully saturated rings. The zero-order valence-corrected chi connectivity index (χ0v) is 22.2. The zero-order valence-electron chi connectivity index (χ0n) is 19.1. The molecule has 1 aliphatic heterocycles. The van der Waals surface area contributed by atoms with Crippen LogP contribution in [-0.4, -0.2) is 46.8 Å². The van der Waals surface area contributed by atoms with Gasteiger partial charge in [0.05, 0.1) is 12.2 Å². The second-order valence-corrected chi connectivity index (χ2v) is 8.57. The Kier molecular flexibility index (Phi) is 10.6. The minimum atomic E-state index is 0. The molecule has 31 heavy (non-hydrogen) atoms. The van der Waals surface area contributed by atoms with Gasteiger partial charge in [-0.1, -0.05) is 29.8 Å². The molecular weight excluding hydrogens is 523 g/mol. The molecule has 3 rings (SSSR count). The van der Waals surface area contributed by atoms with Crippen LogP contribution in [0.5, 0.6) is 0 Å². The number of rotatable bonds is 7. The molecule has 0 spiro atoms. The summed E-state index contributed by atoms with van der Waals surface area (Å²) in [7, 11) is 1.98. The van der Waals surface area contributed by atoms with Gasteiger partial charge in [0, 0.05) is 43.0 Å². The fourth-order valence-corrected chi connectivity index (χ4v) is 4.20. The maximum absolute atomic E-state index is 6.32. The van der Waals surface area contributed by atoms with Crippen molar-refractivity contribution in [3.63, 3.8) is 0 Å². The smallest absolute Gasteiger partial charge is 0.191 e. The predicted molar refractivity (Wildman–Crippen MR) is 140 cm³/mol. The Bertz CT molecular complexity index is 858. The number of benzene rings is 1. The van der Waals surface area contributed by atoms with Crippen LogP contribution >= 0.6 is 35.6 Å². The fraction of sp³-hybridized carbons (Fsp3) is 0.565. The first-order valence-corrected chi connectivity index (χ1v) is 11.3. The molecule has 2 N–H and O–H groups in total. The molecule has 1 aromatic carbocycles. The van der Waals surface area contributed by atoms with Gasteiger partial charge in [0.2, 0.25) is 0 Å². The summed E-state index contributed by atoms with van der Waals surface area (Å²) in [5.41, 5.74) is 4.67. The number of hydrogen-bond acceptors (Lipinski definition) is 3. The number of hydrogen-bond donors (Lipinski definition) is 2. The number of nitrogens with zero attached hydrogens (tertiary/aromatic N) is 4. The molecule has 0 amide bonds. The first-order valence-electron chi connectivity index (χ1n) is 10.9. The fourth-order valence-electron chi connectivity index (χ4n) is 4.00. The molecule has 2 aromatic rings. The summed E-state index contributed by atoms with van der Waals surface area (Å²) < 4.78 is 1.93. The normalized spacial score (nSPS) is 15.6. The lowest BCUT2D eigenvalue weighted by atomic mass is 9.96. The van der Waals surface area contributed by atoms with Crippen LogP contribution < -0.4 is 10.6 Å². The molecule has 1 aromatic heterocycles. The molecule has 172 valence electrons. The van der Waals surface area contributed by atoms with Crippen LogP contribution in [0.3, 0.4) is 0 Å². The van der Waals surface area contributed by atoms with Crippen molar-refractivity contribution in [2.75, 3.05) is 26.2 Å². The second kappa shape index (κ2) is 12.6. The van der Waals surface area contributed by atoms with E-state index in [1.165, 1.54) is 29.7 Å². The van der Waals surface area contributed by atoms with Crippen LogP contribution in [0.2, 0.25) is 5.02 Å². The topological polar surface area (TPSA) is 57.5 Å². The Hall–Kier alpha value is -1.32. The monoisotopic (exact) mass is 558 g/mol. The number of aromatic nitrogens is 2. The van der Waals surface area contributed by atoms with Gasteiger partial charge in [-0.2, -0.15) is 5.10 Å². The summed E-state index contributed by atoms with van der Waals surface area (Å²) in [6.07, 6.45) is 2.38. The molecule has 1 saturated heterocycles. The number of likely N-dealkylation sites (tertiary alicyclic amines) is 1. The summed E-state index contributed by atoms with van der Waals surface area (Å²) in [5.74, 6) is 1.55. The third kappa shape index (κ3) is 7.36. The average molecular weight is 559 g/mol. The molecule has 0 aliphatic carbocycles. The Morgan fingerprint density at radius 1 is 1.19 bits per heavy atom. The Morgan fingerprint density at radius 2 is 1.90 bits per heavy atom. The van der Waals surface area contributed by atoms with Crippen LogP contribution in [0, 0.1) is 19.8 Å². The molecule has 0 bridgehead atoms. The van der Waals surface area contributed by atoms with Gasteiger partial charge in [0.1, 0.15) is 0 Å². The van der Waals surface area contributed by atoms with E-state index in [2.05, 4.69) is 53.5 Å². The highest BCUT2D eigenvalue weighted by molar-refractivity contribution is 14.0. The van der Waals surface area contributed by atoms with Crippen molar-refractivity contribution in [2.45, 2.75) is 46.7 Å². The van der Waals surface area contributed by atoms with Crippen LogP contribution in [0.1, 0.15) is 42.3 Å². The molecule has 8 heteroatoms. The van der Waals surface area contributed by atoms with Crippen molar-refractivity contribution in [1.82, 2.24) is 25.3 Å². The van der Waals surface area contributed by atoms with Crippen molar-refractivity contribution in [3.8, 4) is 0 Å². The SMILES string of the molecule is CCNC(=NCc1c(C)nn(C)c1C)NCC1CCN(Cc2ccccc2Cl)CC1.I. The minimum Gasteiger partial charge on any atom is -0.357 e. The first-order chi connectivity index (χ1) is 14.5. The Morgan fingerprint density at radius 3 is 2.52 bits per heavy atom. The maximum Gasteiger partial charge on any atom is 0.191 e. The summed E-state index contributed by atoms with van der Waals surface area (Å²) >= 11 is 6.32. The van der Waals surface area contributed by atoms with Gasteiger partial charge in [0.15, 0.2) is 5.96 Å². The van der Waals surface area contributed by atoms with E-state index in [1.807, 2.05) is 23.9 Å². The number of aliphatic imine (C=N–C) groups is 1. The van der Waals surface area contributed by atoms with E-state index in [9.17, 15) is 0 Å². The van der Waals surface area contributed by atoms with E-state index in [0.29, 0.717) is 12.5 Å². The van der Waals surface area contributed by atoms with Crippen LogP contribution in [0.4, 0.5) is 0 Å². The van der Waals surface area contributed by atoms with Crippen molar-refractivity contribution >= 4 is 41.5 Å². The Labute approximate surface area is 208 Å². The number of nitrogens with one attached hydrogen (secondary N) is 2. The molecule has 0 radical (unpaired) electrons. The van der Waals surface area contributed by atoms with Crippen molar-refractivity contribution in [3.05, 3.63) is 51.8 Å². The quantitative estimate of drug-likeness (QED) is 0.303. The summed E-state index contributed by atoms with van der Waals surface area (Å²) in [6.45, 7) is 11.9. The lowest BCUT2D eigenvalue weighted by Gasteiger charge is -2.32. The van der Waals surface area contributed by atoms with Crippen molar-refractivity contribution in [1.29, 1.82) is 0 Å². The van der Waals surface area contributed by atoms with Gasteiger partial charge >= 0.3 is 0 Å². The average Bonchev–Trinajstić information content (AvgIpc) is 2.98. The highest BCUT2D eigenvalue weighted by Gasteiger charge is 2.20. The van der Waals surface area contributed by atoms with E-state index >= 15 is 0 Å². The van der Waals surface area contributed by atoms with E-state index in [-0.39, 0.29) is 24.0 Å². The second-order valence-electron chi connectivity index (χ2n) is 8.16. The highest BCUT2D eigenvalue weighted by Crippen LogP contribution is 2.22. The summed E-state index contributed by atoms with van der Waals surface area (Å²) in [5, 5.41) is 12.3. The first kappa shape index (κ1) is 25.9. The van der Waals surface area contributed by atoms with E-state index in [4.69, 9.17) is 16.6 Å². The summed E-state index contributed by atoms with van der Waals surface area (Å²) in [4.78, 5) is 7.30. The van der Waals surface area contributed by atoms with Crippen LogP contribution in [0.15, 0.2) is 29.3 Å². The zero-order chi connectivity index (χ0) is 21.5. The van der Waals surface area contributed by atoms with Crippen molar-refractivity contribution < 1.29 is 0 Å². The van der Waals surface area contributed by atoms with Crippen LogP contribution in [0.25, 0.3) is 0 Å². The van der Waals surface area contributed by atoms with E-state index in [1.54, 1.807) is 0 Å². The standard InChI is InChI=1S/C23H35ClN6.HI/c1-5-25-23(27-15-21-17(2)28-29(4)18(21)3)26-14-19-10-12-30(13-11-19)16-20-8-6-7-9-22(20)24;/h6-9,19H,5,10-16H2,1-4H3,(H2,25,26,27);1H. The van der Waals surface area contributed by atoms with Gasteiger partial charge in [-0.3, -0.25) is 9.58 Å². The molecule has 0 saturated carbocycles. The lowest BCUT2D eigenvalue weighted by Crippen LogP contribution is -2.42. The van der Waals surface area contributed by atoms with E-state index in [0.717, 1.165) is 49.4 Å². The van der Waals surface area contributed by atoms with Gasteiger partial charge in [-0.15, -0.1) is 24.0 Å². The molecule has 2 heterocycles. The van der Waals surface area contributed by atoms with Gasteiger partial charge in [-0.25, -0.2) is 4.99 Å². The number of guanidine groups is 1. The minimum absolute atomic E-state index is 0. The van der Waals surface area contributed by atoms with E-state index < -0.39 is 0 Å². The van der Waals surface area contributed by atoms with Gasteiger partial charge < -0.3 is 10.6 Å². The Balaban J connectivity index is 0.00000341. The molecule has 6 nitrogen and oxygen atoms in total. The third-order valence-electron chi connectivity index (χ3n) is 6.02. The van der Waals surface area contributed by atoms with Crippen molar-refractivity contribution in [2.24, 2.45) is 18.0 Å². The number of halogens is 2. The predicted octanol–water partition coefficient (Wildman–Crippen LogP) is 4.28. The molecule has 0 atom stereocenters. The largest absolute Gasteiger partial charge is 0.357 e. The van der Waals surface area contributed by atoms with Gasteiger partial charge in [0.25, 0.3) is 0 Å². The number of piperidine rings is 1. The lowest BCUT2D eigenvalue weighted by molar-refractivity contribution is 0.178. The summed E-state index contributed by atoms with van der Waals surface area (Å²) in [6, 6.07) is 8.16. The molecular formula is C23H36ClIN6. The molecule has 0 unspecified atom stereocenters. The van der Waals surface area contributed by atoms with Crippen LogP contribution in [-0.2, 0) is 20.1 Å².